The number of ether oxygens (including phenoxy) is 2. The van der Waals surface area contributed by atoms with Crippen molar-refractivity contribution >= 4 is 0 Å². The lowest BCUT2D eigenvalue weighted by Gasteiger charge is -2.16. The fourth-order valence-corrected chi connectivity index (χ4v) is 1.98. The van der Waals surface area contributed by atoms with Crippen LogP contribution in [0.5, 0.6) is 11.5 Å². The van der Waals surface area contributed by atoms with Gasteiger partial charge in [0.25, 0.3) is 0 Å². The van der Waals surface area contributed by atoms with E-state index in [0.717, 1.165) is 18.0 Å². The Labute approximate surface area is 113 Å². The molecule has 0 fully saturated rings. The Morgan fingerprint density at radius 2 is 1.95 bits per heavy atom. The molecule has 0 aliphatic rings. The quantitative estimate of drug-likeness (QED) is 0.839. The number of hydrogen-bond acceptors (Lipinski definition) is 3. The van der Waals surface area contributed by atoms with Crippen LogP contribution in [0.4, 0.5) is 0 Å². The van der Waals surface area contributed by atoms with Gasteiger partial charge in [-0.15, -0.1) is 0 Å². The van der Waals surface area contributed by atoms with Crippen molar-refractivity contribution in [1.82, 2.24) is 10.3 Å². The van der Waals surface area contributed by atoms with Gasteiger partial charge < -0.3 is 19.8 Å². The Kier molecular flexibility index (Phi) is 4.47. The Hall–Kier alpha value is -1.94. The third kappa shape index (κ3) is 3.29. The maximum Gasteiger partial charge on any atom is 0.161 e. The van der Waals surface area contributed by atoms with E-state index in [1.807, 2.05) is 24.5 Å². The highest BCUT2D eigenvalue weighted by Crippen LogP contribution is 2.29. The first-order valence-corrected chi connectivity index (χ1v) is 6.31. The molecule has 1 aromatic carbocycles. The molecule has 1 heterocycles. The summed E-state index contributed by atoms with van der Waals surface area (Å²) in [6.07, 6.45) is 3.92. The first-order valence-electron chi connectivity index (χ1n) is 6.31. The zero-order chi connectivity index (χ0) is 13.7. The van der Waals surface area contributed by atoms with Gasteiger partial charge in [-0.05, 0) is 36.2 Å². The van der Waals surface area contributed by atoms with E-state index in [-0.39, 0.29) is 6.04 Å². The lowest BCUT2D eigenvalue weighted by molar-refractivity contribution is 0.354. The van der Waals surface area contributed by atoms with Crippen molar-refractivity contribution in [1.29, 1.82) is 0 Å². The molecular formula is C15H20N2O2. The van der Waals surface area contributed by atoms with Gasteiger partial charge in [0.2, 0.25) is 0 Å². The molecule has 4 nitrogen and oxygen atoms in total. The monoisotopic (exact) mass is 260 g/mol. The molecule has 0 amide bonds. The zero-order valence-electron chi connectivity index (χ0n) is 11.6. The van der Waals surface area contributed by atoms with Gasteiger partial charge in [-0.2, -0.15) is 0 Å². The smallest absolute Gasteiger partial charge is 0.161 e. The molecular weight excluding hydrogens is 240 g/mol. The maximum absolute atomic E-state index is 5.32. The molecule has 0 saturated heterocycles. The average molecular weight is 260 g/mol. The van der Waals surface area contributed by atoms with Gasteiger partial charge in [-0.1, -0.05) is 6.07 Å². The molecule has 0 bridgehead atoms. The van der Waals surface area contributed by atoms with E-state index < -0.39 is 0 Å². The van der Waals surface area contributed by atoms with E-state index in [2.05, 4.69) is 29.4 Å². The molecule has 2 aromatic rings. The summed E-state index contributed by atoms with van der Waals surface area (Å²) in [7, 11) is 3.30. The summed E-state index contributed by atoms with van der Waals surface area (Å²) < 4.78 is 10.6. The summed E-state index contributed by atoms with van der Waals surface area (Å²) in [6, 6.07) is 8.30. The van der Waals surface area contributed by atoms with Crippen molar-refractivity contribution in [2.24, 2.45) is 0 Å². The average Bonchev–Trinajstić information content (AvgIpc) is 2.97. The van der Waals surface area contributed by atoms with Crippen molar-refractivity contribution in [3.05, 3.63) is 47.8 Å². The van der Waals surface area contributed by atoms with E-state index in [9.17, 15) is 0 Å². The number of nitrogens with one attached hydrogen (secondary N) is 2. The minimum Gasteiger partial charge on any atom is -0.493 e. The highest BCUT2D eigenvalue weighted by molar-refractivity contribution is 5.43. The largest absolute Gasteiger partial charge is 0.493 e. The third-order valence-electron chi connectivity index (χ3n) is 3.18. The Balaban J connectivity index is 2.04. The fraction of sp³-hybridized carbons (Fsp3) is 0.333. The Bertz CT molecular complexity index is 509. The normalized spacial score (nSPS) is 12.2. The first kappa shape index (κ1) is 13.5. The molecule has 0 saturated carbocycles. The molecule has 2 rings (SSSR count). The van der Waals surface area contributed by atoms with E-state index in [1.54, 1.807) is 14.2 Å². The van der Waals surface area contributed by atoms with Crippen molar-refractivity contribution in [3.8, 4) is 11.5 Å². The highest BCUT2D eigenvalue weighted by atomic mass is 16.5. The van der Waals surface area contributed by atoms with Crippen LogP contribution in [-0.4, -0.2) is 19.2 Å². The summed E-state index contributed by atoms with van der Waals surface area (Å²) >= 11 is 0. The van der Waals surface area contributed by atoms with Gasteiger partial charge in [-0.25, -0.2) is 0 Å². The molecule has 0 spiro atoms. The van der Waals surface area contributed by atoms with Crippen LogP contribution in [0.25, 0.3) is 0 Å². The predicted octanol–water partition coefficient (Wildman–Crippen LogP) is 2.88. The number of H-pyrrole nitrogens is 1. The second kappa shape index (κ2) is 6.29. The van der Waals surface area contributed by atoms with Crippen molar-refractivity contribution < 1.29 is 9.47 Å². The van der Waals surface area contributed by atoms with Crippen LogP contribution >= 0.6 is 0 Å². The van der Waals surface area contributed by atoms with Crippen LogP contribution in [-0.2, 0) is 6.54 Å². The molecule has 102 valence electrons. The van der Waals surface area contributed by atoms with Crippen LogP contribution in [0.15, 0.2) is 36.7 Å². The first-order chi connectivity index (χ1) is 9.24. The van der Waals surface area contributed by atoms with Crippen LogP contribution in [0.3, 0.4) is 0 Å². The highest BCUT2D eigenvalue weighted by Gasteiger charge is 2.09. The van der Waals surface area contributed by atoms with E-state index >= 15 is 0 Å². The minimum atomic E-state index is 0.245. The third-order valence-corrected chi connectivity index (χ3v) is 3.18. The molecule has 4 heteroatoms. The fourth-order valence-electron chi connectivity index (χ4n) is 1.98. The summed E-state index contributed by atoms with van der Waals surface area (Å²) in [5.74, 6) is 1.51. The lowest BCUT2D eigenvalue weighted by atomic mass is 10.1. The molecule has 1 unspecified atom stereocenters. The minimum absolute atomic E-state index is 0.245. The predicted molar refractivity (Wildman–Crippen MR) is 75.6 cm³/mol. The SMILES string of the molecule is COc1ccc(C(C)NCc2cc[nH]c2)cc1OC. The van der Waals surface area contributed by atoms with Crippen molar-refractivity contribution in [2.75, 3.05) is 14.2 Å². The van der Waals surface area contributed by atoms with Gasteiger partial charge in [0, 0.05) is 25.0 Å². The summed E-state index contributed by atoms with van der Waals surface area (Å²) in [4.78, 5) is 3.05. The van der Waals surface area contributed by atoms with Gasteiger partial charge in [0.1, 0.15) is 0 Å². The maximum atomic E-state index is 5.32. The summed E-state index contributed by atoms with van der Waals surface area (Å²) in [5.41, 5.74) is 2.42. The number of benzene rings is 1. The van der Waals surface area contributed by atoms with E-state index in [1.165, 1.54) is 11.1 Å². The van der Waals surface area contributed by atoms with Crippen LogP contribution < -0.4 is 14.8 Å². The number of methoxy groups -OCH3 is 2. The number of aromatic nitrogens is 1. The van der Waals surface area contributed by atoms with Gasteiger partial charge >= 0.3 is 0 Å². The van der Waals surface area contributed by atoms with E-state index in [0.29, 0.717) is 0 Å². The van der Waals surface area contributed by atoms with Gasteiger partial charge in [-0.3, -0.25) is 0 Å². The lowest BCUT2D eigenvalue weighted by Crippen LogP contribution is -2.17. The molecule has 1 aromatic heterocycles. The molecule has 0 aliphatic heterocycles. The molecule has 0 aliphatic carbocycles. The Morgan fingerprint density at radius 1 is 1.16 bits per heavy atom. The van der Waals surface area contributed by atoms with Crippen molar-refractivity contribution in [3.63, 3.8) is 0 Å². The second-order valence-electron chi connectivity index (χ2n) is 4.44. The molecule has 2 N–H and O–H groups in total. The standard InChI is InChI=1S/C15H20N2O2/c1-11(17-10-12-6-7-16-9-12)13-4-5-14(18-2)15(8-13)19-3/h4-9,11,16-17H,10H2,1-3H3. The van der Waals surface area contributed by atoms with Crippen molar-refractivity contribution in [2.45, 2.75) is 19.5 Å². The number of hydrogen-bond donors (Lipinski definition) is 2. The van der Waals surface area contributed by atoms with Gasteiger partial charge in [0.15, 0.2) is 11.5 Å². The van der Waals surface area contributed by atoms with Gasteiger partial charge in [0.05, 0.1) is 14.2 Å². The Morgan fingerprint density at radius 3 is 2.58 bits per heavy atom. The van der Waals surface area contributed by atoms with Crippen LogP contribution in [0.1, 0.15) is 24.1 Å². The van der Waals surface area contributed by atoms with Crippen LogP contribution in [0, 0.1) is 0 Å². The topological polar surface area (TPSA) is 46.3 Å². The number of rotatable bonds is 6. The molecule has 19 heavy (non-hydrogen) atoms. The van der Waals surface area contributed by atoms with Crippen LogP contribution in [0.2, 0.25) is 0 Å². The second-order valence-corrected chi connectivity index (χ2v) is 4.44. The molecule has 1 atom stereocenters. The summed E-state index contributed by atoms with van der Waals surface area (Å²) in [6.45, 7) is 2.97. The number of aromatic amines is 1. The zero-order valence-corrected chi connectivity index (χ0v) is 11.6. The summed E-state index contributed by atoms with van der Waals surface area (Å²) in [5, 5.41) is 3.47. The molecule has 0 radical (unpaired) electrons. The van der Waals surface area contributed by atoms with E-state index in [4.69, 9.17) is 9.47 Å².